The highest BCUT2D eigenvalue weighted by Gasteiger charge is 2.13. The fourth-order valence-electron chi connectivity index (χ4n) is 2.15. The topological polar surface area (TPSA) is 15.7 Å². The molecule has 2 rings (SSSR count). The van der Waals surface area contributed by atoms with Crippen LogP contribution >= 0.6 is 11.6 Å². The van der Waals surface area contributed by atoms with Gasteiger partial charge in [-0.15, -0.1) is 0 Å². The molecule has 3 nitrogen and oxygen atoms in total. The molecule has 0 unspecified atom stereocenters. The van der Waals surface area contributed by atoms with Crippen LogP contribution in [-0.2, 0) is 0 Å². The van der Waals surface area contributed by atoms with Crippen LogP contribution in [0.25, 0.3) is 0 Å². The molecule has 1 aliphatic rings. The quantitative estimate of drug-likeness (QED) is 0.833. The Morgan fingerprint density at radius 3 is 2.61 bits per heavy atom. The van der Waals surface area contributed by atoms with Gasteiger partial charge in [0, 0.05) is 32.7 Å². The molecule has 0 aromatic heterocycles. The summed E-state index contributed by atoms with van der Waals surface area (Å²) in [6, 6.07) is 5.85. The molecule has 18 heavy (non-hydrogen) atoms. The largest absolute Gasteiger partial charge is 0.490 e. The zero-order chi connectivity index (χ0) is 13.0. The van der Waals surface area contributed by atoms with Crippen molar-refractivity contribution in [3.63, 3.8) is 0 Å². The van der Waals surface area contributed by atoms with E-state index in [-0.39, 0.29) is 0 Å². The van der Waals surface area contributed by atoms with Gasteiger partial charge in [0.05, 0.1) is 5.02 Å². The Morgan fingerprint density at radius 2 is 1.94 bits per heavy atom. The highest BCUT2D eigenvalue weighted by atomic mass is 35.5. The number of aryl methyl sites for hydroxylation is 1. The zero-order valence-electron chi connectivity index (χ0n) is 11.2. The number of hydrogen-bond acceptors (Lipinski definition) is 3. The summed E-state index contributed by atoms with van der Waals surface area (Å²) in [4.78, 5) is 4.79. The maximum Gasteiger partial charge on any atom is 0.140 e. The predicted octanol–water partition coefficient (Wildman–Crippen LogP) is 2.27. The molecular weight excluding hydrogens is 248 g/mol. The molecule has 0 amide bonds. The smallest absolute Gasteiger partial charge is 0.140 e. The minimum absolute atomic E-state index is 0.702. The Morgan fingerprint density at radius 1 is 1.22 bits per heavy atom. The highest BCUT2D eigenvalue weighted by Crippen LogP contribution is 2.27. The monoisotopic (exact) mass is 268 g/mol. The maximum absolute atomic E-state index is 6.12. The van der Waals surface area contributed by atoms with E-state index in [0.29, 0.717) is 11.6 Å². The molecule has 1 aliphatic heterocycles. The van der Waals surface area contributed by atoms with E-state index in [1.807, 2.05) is 25.1 Å². The second-order valence-corrected chi connectivity index (χ2v) is 5.29. The lowest BCUT2D eigenvalue weighted by molar-refractivity contribution is 0.133. The standard InChI is InChI=1S/C14H21ClN2O/c1-12-4-3-5-13(15)14(12)18-11-10-17-8-6-16(2)7-9-17/h3-5H,6-11H2,1-2H3. The number of para-hydroxylation sites is 1. The first kappa shape index (κ1) is 13.7. The van der Waals surface area contributed by atoms with Crippen LogP contribution in [0.15, 0.2) is 18.2 Å². The summed E-state index contributed by atoms with van der Waals surface area (Å²) in [6.07, 6.45) is 0. The van der Waals surface area contributed by atoms with Crippen molar-refractivity contribution in [3.8, 4) is 5.75 Å². The molecule has 0 atom stereocenters. The van der Waals surface area contributed by atoms with Crippen molar-refractivity contribution < 1.29 is 4.74 Å². The summed E-state index contributed by atoms with van der Waals surface area (Å²) in [5.41, 5.74) is 1.10. The van der Waals surface area contributed by atoms with Gasteiger partial charge < -0.3 is 9.64 Å². The van der Waals surface area contributed by atoms with Gasteiger partial charge in [-0.3, -0.25) is 4.90 Å². The summed E-state index contributed by atoms with van der Waals surface area (Å²) in [7, 11) is 2.17. The molecule has 1 fully saturated rings. The summed E-state index contributed by atoms with van der Waals surface area (Å²) in [5, 5.41) is 0.702. The Balaban J connectivity index is 1.78. The number of likely N-dealkylation sites (N-methyl/N-ethyl adjacent to an activating group) is 1. The highest BCUT2D eigenvalue weighted by molar-refractivity contribution is 6.32. The number of halogens is 1. The van der Waals surface area contributed by atoms with Crippen LogP contribution in [0.5, 0.6) is 5.75 Å². The minimum atomic E-state index is 0.702. The Hall–Kier alpha value is -0.770. The number of rotatable bonds is 4. The van der Waals surface area contributed by atoms with Crippen LogP contribution in [0.3, 0.4) is 0 Å². The fraction of sp³-hybridized carbons (Fsp3) is 0.571. The van der Waals surface area contributed by atoms with Crippen molar-refractivity contribution in [2.75, 3.05) is 46.4 Å². The van der Waals surface area contributed by atoms with Gasteiger partial charge in [0.1, 0.15) is 12.4 Å². The molecule has 1 aromatic carbocycles. The van der Waals surface area contributed by atoms with Gasteiger partial charge in [-0.25, -0.2) is 0 Å². The molecule has 1 aromatic rings. The molecule has 0 aliphatic carbocycles. The van der Waals surface area contributed by atoms with Gasteiger partial charge in [-0.05, 0) is 25.6 Å². The summed E-state index contributed by atoms with van der Waals surface area (Å²) in [5.74, 6) is 0.827. The molecule has 0 bridgehead atoms. The Bertz CT molecular complexity index is 369. The van der Waals surface area contributed by atoms with Gasteiger partial charge in [-0.2, -0.15) is 0 Å². The molecule has 0 N–H and O–H groups in total. The van der Waals surface area contributed by atoms with E-state index in [0.717, 1.165) is 44.0 Å². The number of ether oxygens (including phenoxy) is 1. The molecule has 0 saturated carbocycles. The molecule has 1 heterocycles. The van der Waals surface area contributed by atoms with Crippen LogP contribution in [0.4, 0.5) is 0 Å². The van der Waals surface area contributed by atoms with Gasteiger partial charge >= 0.3 is 0 Å². The van der Waals surface area contributed by atoms with E-state index in [1.165, 1.54) is 0 Å². The summed E-state index contributed by atoms with van der Waals surface area (Å²) in [6.45, 7) is 8.24. The van der Waals surface area contributed by atoms with Crippen molar-refractivity contribution in [2.45, 2.75) is 6.92 Å². The third kappa shape index (κ3) is 3.61. The van der Waals surface area contributed by atoms with E-state index in [1.54, 1.807) is 0 Å². The Kier molecular flexibility index (Phi) is 4.87. The second kappa shape index (κ2) is 6.41. The van der Waals surface area contributed by atoms with E-state index in [2.05, 4.69) is 16.8 Å². The molecule has 4 heteroatoms. The van der Waals surface area contributed by atoms with Crippen molar-refractivity contribution in [3.05, 3.63) is 28.8 Å². The van der Waals surface area contributed by atoms with E-state index < -0.39 is 0 Å². The lowest BCUT2D eigenvalue weighted by Gasteiger charge is -2.32. The first-order valence-electron chi connectivity index (χ1n) is 6.45. The van der Waals surface area contributed by atoms with Crippen molar-refractivity contribution >= 4 is 11.6 Å². The lowest BCUT2D eigenvalue weighted by Crippen LogP contribution is -2.45. The van der Waals surface area contributed by atoms with E-state index in [4.69, 9.17) is 16.3 Å². The van der Waals surface area contributed by atoms with Gasteiger partial charge in [0.2, 0.25) is 0 Å². The SMILES string of the molecule is Cc1cccc(Cl)c1OCCN1CCN(C)CC1. The van der Waals surface area contributed by atoms with Crippen LogP contribution in [-0.4, -0.2) is 56.2 Å². The number of nitrogens with zero attached hydrogens (tertiary/aromatic N) is 2. The molecule has 100 valence electrons. The van der Waals surface area contributed by atoms with Crippen LogP contribution < -0.4 is 4.74 Å². The second-order valence-electron chi connectivity index (χ2n) is 4.88. The molecule has 0 radical (unpaired) electrons. The number of hydrogen-bond donors (Lipinski definition) is 0. The van der Waals surface area contributed by atoms with Crippen molar-refractivity contribution in [1.29, 1.82) is 0 Å². The Labute approximate surface area is 114 Å². The molecular formula is C14H21ClN2O. The first-order valence-corrected chi connectivity index (χ1v) is 6.83. The van der Waals surface area contributed by atoms with Gasteiger partial charge in [0.15, 0.2) is 0 Å². The third-order valence-electron chi connectivity index (χ3n) is 3.41. The average molecular weight is 269 g/mol. The van der Waals surface area contributed by atoms with Crippen LogP contribution in [0.2, 0.25) is 5.02 Å². The van der Waals surface area contributed by atoms with E-state index >= 15 is 0 Å². The first-order chi connectivity index (χ1) is 8.66. The van der Waals surface area contributed by atoms with Crippen LogP contribution in [0, 0.1) is 6.92 Å². The van der Waals surface area contributed by atoms with E-state index in [9.17, 15) is 0 Å². The maximum atomic E-state index is 6.12. The lowest BCUT2D eigenvalue weighted by atomic mass is 10.2. The van der Waals surface area contributed by atoms with Crippen molar-refractivity contribution in [2.24, 2.45) is 0 Å². The summed E-state index contributed by atoms with van der Waals surface area (Å²) >= 11 is 6.12. The minimum Gasteiger partial charge on any atom is -0.490 e. The predicted molar refractivity (Wildman–Crippen MR) is 75.6 cm³/mol. The number of piperazine rings is 1. The molecule has 0 spiro atoms. The van der Waals surface area contributed by atoms with Crippen molar-refractivity contribution in [1.82, 2.24) is 9.80 Å². The summed E-state index contributed by atoms with van der Waals surface area (Å²) < 4.78 is 5.81. The van der Waals surface area contributed by atoms with Gasteiger partial charge in [-0.1, -0.05) is 23.7 Å². The molecule has 1 saturated heterocycles. The normalized spacial score (nSPS) is 17.9. The fourth-order valence-corrected chi connectivity index (χ4v) is 2.42. The average Bonchev–Trinajstić information content (AvgIpc) is 2.35. The zero-order valence-corrected chi connectivity index (χ0v) is 11.9. The number of benzene rings is 1. The van der Waals surface area contributed by atoms with Crippen LogP contribution in [0.1, 0.15) is 5.56 Å². The third-order valence-corrected chi connectivity index (χ3v) is 3.71. The van der Waals surface area contributed by atoms with Gasteiger partial charge in [0.25, 0.3) is 0 Å².